The van der Waals surface area contributed by atoms with Crippen LogP contribution in [0.2, 0.25) is 5.02 Å². The lowest BCUT2D eigenvalue weighted by molar-refractivity contribution is 0.102. The molecule has 2 heterocycles. The van der Waals surface area contributed by atoms with Crippen LogP contribution >= 0.6 is 11.6 Å². The number of nitrogens with one attached hydrogen (secondary N) is 1. The van der Waals surface area contributed by atoms with E-state index in [-0.39, 0.29) is 40.2 Å². The van der Waals surface area contributed by atoms with Crippen molar-refractivity contribution in [2.75, 3.05) is 26.3 Å². The van der Waals surface area contributed by atoms with E-state index >= 15 is 0 Å². The van der Waals surface area contributed by atoms with Crippen LogP contribution in [0.3, 0.4) is 0 Å². The Balaban J connectivity index is 1.64. The number of benzene rings is 3. The Kier molecular flexibility index (Phi) is 5.51. The Hall–Kier alpha value is -4.17. The highest BCUT2D eigenvalue weighted by Gasteiger charge is 2.22. The number of hydrogen-bond donors (Lipinski definition) is 1. The molecule has 1 N–H and O–H groups in total. The van der Waals surface area contributed by atoms with Gasteiger partial charge in [-0.1, -0.05) is 17.7 Å². The number of methoxy groups -OCH3 is 2. The van der Waals surface area contributed by atoms with Crippen LogP contribution in [-0.2, 0) is 0 Å². The average Bonchev–Trinajstić information content (AvgIpc) is 3.32. The van der Waals surface area contributed by atoms with Gasteiger partial charge in [-0.15, -0.1) is 0 Å². The summed E-state index contributed by atoms with van der Waals surface area (Å²) >= 11 is 6.11. The van der Waals surface area contributed by atoms with E-state index in [1.54, 1.807) is 42.5 Å². The van der Waals surface area contributed by atoms with E-state index < -0.39 is 5.91 Å². The van der Waals surface area contributed by atoms with Crippen LogP contribution in [0.1, 0.15) is 10.4 Å². The zero-order valence-corrected chi connectivity index (χ0v) is 18.9. The molecule has 0 fully saturated rings. The van der Waals surface area contributed by atoms with Gasteiger partial charge in [-0.3, -0.25) is 14.9 Å². The maximum atomic E-state index is 13.5. The van der Waals surface area contributed by atoms with Crippen LogP contribution in [0.25, 0.3) is 22.1 Å². The first-order valence-corrected chi connectivity index (χ1v) is 10.6. The molecule has 1 aliphatic rings. The number of fused-ring (bicyclic) bond motifs is 2. The molecule has 34 heavy (non-hydrogen) atoms. The first kappa shape index (κ1) is 21.7. The van der Waals surface area contributed by atoms with Crippen LogP contribution in [0, 0.1) is 0 Å². The van der Waals surface area contributed by atoms with E-state index in [4.69, 9.17) is 35.0 Å². The summed E-state index contributed by atoms with van der Waals surface area (Å²) in [6.45, 7) is 0.0869. The molecule has 3 aromatic carbocycles. The molecule has 0 bridgehead atoms. The van der Waals surface area contributed by atoms with Crippen molar-refractivity contribution in [1.29, 1.82) is 0 Å². The van der Waals surface area contributed by atoms with Gasteiger partial charge in [-0.25, -0.2) is 0 Å². The van der Waals surface area contributed by atoms with Crippen molar-refractivity contribution in [3.63, 3.8) is 0 Å². The Labute approximate surface area is 198 Å². The molecular weight excluding hydrogens is 462 g/mol. The molecule has 0 aliphatic carbocycles. The molecule has 8 nitrogen and oxygen atoms in total. The highest BCUT2D eigenvalue weighted by Crippen LogP contribution is 2.38. The number of anilines is 1. The van der Waals surface area contributed by atoms with Gasteiger partial charge in [-0.05, 0) is 54.1 Å². The first-order valence-electron chi connectivity index (χ1n) is 10.2. The predicted molar refractivity (Wildman–Crippen MR) is 127 cm³/mol. The Morgan fingerprint density at radius 3 is 2.53 bits per heavy atom. The minimum atomic E-state index is -0.501. The van der Waals surface area contributed by atoms with Gasteiger partial charge >= 0.3 is 0 Å². The SMILES string of the molecule is COc1ccc(C(=O)Nc2oc3ccc(Cl)cc3c(=O)c2-c2ccc3c(c2)OCO3)cc1OC. The molecule has 9 heteroatoms. The number of carbonyl (C=O) groups excluding carboxylic acids is 1. The highest BCUT2D eigenvalue weighted by molar-refractivity contribution is 6.31. The van der Waals surface area contributed by atoms with Gasteiger partial charge < -0.3 is 23.4 Å². The standard InChI is InChI=1S/C25H18ClNO7/c1-30-18-6-4-14(10-20(18)31-2)24(29)27-25-22(13-3-7-19-21(9-13)33-12-32-19)23(28)16-11-15(26)5-8-17(16)34-25/h3-11H,12H2,1-2H3,(H,27,29). The number of ether oxygens (including phenoxy) is 4. The van der Waals surface area contributed by atoms with Crippen molar-refractivity contribution in [2.24, 2.45) is 0 Å². The molecular formula is C25H18ClNO7. The van der Waals surface area contributed by atoms with Crippen LogP contribution in [0.15, 0.2) is 63.8 Å². The fraction of sp³-hybridized carbons (Fsp3) is 0.120. The van der Waals surface area contributed by atoms with E-state index in [0.717, 1.165) is 0 Å². The van der Waals surface area contributed by atoms with Crippen molar-refractivity contribution >= 4 is 34.4 Å². The van der Waals surface area contributed by atoms with Crippen LogP contribution in [0.4, 0.5) is 5.88 Å². The molecule has 4 aromatic rings. The van der Waals surface area contributed by atoms with Crippen LogP contribution in [-0.4, -0.2) is 26.9 Å². The number of hydrogen-bond acceptors (Lipinski definition) is 7. The van der Waals surface area contributed by atoms with Gasteiger partial charge in [0.2, 0.25) is 18.1 Å². The molecule has 1 amide bonds. The topological polar surface area (TPSA) is 96.2 Å². The van der Waals surface area contributed by atoms with Gasteiger partial charge in [0.15, 0.2) is 23.0 Å². The molecule has 0 radical (unpaired) electrons. The van der Waals surface area contributed by atoms with Gasteiger partial charge in [0.1, 0.15) is 5.58 Å². The number of amides is 1. The third kappa shape index (κ3) is 3.78. The zero-order valence-electron chi connectivity index (χ0n) is 18.1. The minimum absolute atomic E-state index is 0.0153. The van der Waals surface area contributed by atoms with E-state index in [2.05, 4.69) is 5.32 Å². The zero-order chi connectivity index (χ0) is 23.8. The Morgan fingerprint density at radius 2 is 1.74 bits per heavy atom. The fourth-order valence-corrected chi connectivity index (χ4v) is 3.89. The number of carbonyl (C=O) groups is 1. The summed E-state index contributed by atoms with van der Waals surface area (Å²) in [7, 11) is 2.98. The second kappa shape index (κ2) is 8.64. The van der Waals surface area contributed by atoms with Crippen molar-refractivity contribution in [1.82, 2.24) is 0 Å². The van der Waals surface area contributed by atoms with Gasteiger partial charge in [-0.2, -0.15) is 0 Å². The maximum Gasteiger partial charge on any atom is 0.258 e. The average molecular weight is 480 g/mol. The summed E-state index contributed by atoms with van der Waals surface area (Å²) < 4.78 is 27.3. The second-order valence-electron chi connectivity index (χ2n) is 7.37. The minimum Gasteiger partial charge on any atom is -0.493 e. The molecule has 5 rings (SSSR count). The molecule has 0 spiro atoms. The summed E-state index contributed by atoms with van der Waals surface area (Å²) in [5.74, 6) is 1.40. The van der Waals surface area contributed by atoms with Crippen molar-refractivity contribution in [3.05, 3.63) is 75.4 Å². The first-order chi connectivity index (χ1) is 16.5. The van der Waals surface area contributed by atoms with Crippen LogP contribution in [0.5, 0.6) is 23.0 Å². The van der Waals surface area contributed by atoms with Gasteiger partial charge in [0, 0.05) is 10.6 Å². The van der Waals surface area contributed by atoms with Gasteiger partial charge in [0.05, 0.1) is 25.2 Å². The summed E-state index contributed by atoms with van der Waals surface area (Å²) in [6, 6.07) is 14.5. The molecule has 0 saturated carbocycles. The third-order valence-corrected chi connectivity index (χ3v) is 5.62. The van der Waals surface area contributed by atoms with E-state index in [1.165, 1.54) is 26.4 Å². The lowest BCUT2D eigenvalue weighted by atomic mass is 10.0. The molecule has 0 atom stereocenters. The van der Waals surface area contributed by atoms with E-state index in [1.807, 2.05) is 0 Å². The molecule has 172 valence electrons. The Morgan fingerprint density at radius 1 is 0.941 bits per heavy atom. The summed E-state index contributed by atoms with van der Waals surface area (Å²) in [6.07, 6.45) is 0. The summed E-state index contributed by atoms with van der Waals surface area (Å²) in [5, 5.41) is 3.39. The third-order valence-electron chi connectivity index (χ3n) is 5.39. The summed E-state index contributed by atoms with van der Waals surface area (Å²) in [5.41, 5.74) is 0.851. The number of rotatable bonds is 5. The van der Waals surface area contributed by atoms with Crippen LogP contribution < -0.4 is 29.7 Å². The van der Waals surface area contributed by atoms with Crippen molar-refractivity contribution in [2.45, 2.75) is 0 Å². The predicted octanol–water partition coefficient (Wildman–Crippen LogP) is 5.11. The van der Waals surface area contributed by atoms with Gasteiger partial charge in [0.25, 0.3) is 5.91 Å². The fourth-order valence-electron chi connectivity index (χ4n) is 3.72. The summed E-state index contributed by atoms with van der Waals surface area (Å²) in [4.78, 5) is 26.6. The molecule has 0 unspecified atom stereocenters. The van der Waals surface area contributed by atoms with E-state index in [0.29, 0.717) is 33.6 Å². The van der Waals surface area contributed by atoms with E-state index in [9.17, 15) is 9.59 Å². The second-order valence-corrected chi connectivity index (χ2v) is 7.80. The molecule has 0 saturated heterocycles. The van der Waals surface area contributed by atoms with Crippen molar-refractivity contribution in [3.8, 4) is 34.1 Å². The molecule has 1 aromatic heterocycles. The molecule has 1 aliphatic heterocycles. The normalized spacial score (nSPS) is 12.0. The lowest BCUT2D eigenvalue weighted by Crippen LogP contribution is -2.16. The van der Waals surface area contributed by atoms with Crippen molar-refractivity contribution < 1.29 is 28.2 Å². The quantitative estimate of drug-likeness (QED) is 0.424. The number of halogens is 1. The monoisotopic (exact) mass is 479 g/mol. The maximum absolute atomic E-state index is 13.5. The smallest absolute Gasteiger partial charge is 0.258 e. The Bertz CT molecular complexity index is 1500. The lowest BCUT2D eigenvalue weighted by Gasteiger charge is -2.13. The highest BCUT2D eigenvalue weighted by atomic mass is 35.5. The largest absolute Gasteiger partial charge is 0.493 e.